The first-order chi connectivity index (χ1) is 19.5. The highest BCUT2D eigenvalue weighted by molar-refractivity contribution is 6.04. The van der Waals surface area contributed by atoms with Crippen molar-refractivity contribution in [3.05, 3.63) is 107 Å². The maximum absolute atomic E-state index is 13.0. The minimum Gasteiger partial charge on any atom is -0.382 e. The molecule has 0 radical (unpaired) electrons. The monoisotopic (exact) mass is 529 g/mol. The SMILES string of the molecule is N#CC1CCC(c2cc(-c3ccc(NC(=O)c4cccn(-c5ccccc5)c4=O)cc3)c3c(N)ncnn23)CC1. The van der Waals surface area contributed by atoms with E-state index in [2.05, 4.69) is 27.5 Å². The predicted octanol–water partition coefficient (Wildman–Crippen LogP) is 5.18. The summed E-state index contributed by atoms with van der Waals surface area (Å²) in [7, 11) is 0. The van der Waals surface area contributed by atoms with Crippen LogP contribution in [0.3, 0.4) is 0 Å². The van der Waals surface area contributed by atoms with Gasteiger partial charge in [0.05, 0.1) is 6.07 Å². The highest BCUT2D eigenvalue weighted by Crippen LogP contribution is 2.40. The van der Waals surface area contributed by atoms with Gasteiger partial charge in [0.2, 0.25) is 0 Å². The third-order valence-electron chi connectivity index (χ3n) is 7.62. The van der Waals surface area contributed by atoms with Gasteiger partial charge in [0.15, 0.2) is 5.82 Å². The molecule has 1 saturated carbocycles. The Bertz CT molecular complexity index is 1790. The van der Waals surface area contributed by atoms with E-state index in [0.717, 1.165) is 48.0 Å². The third kappa shape index (κ3) is 4.60. The molecule has 3 aromatic heterocycles. The summed E-state index contributed by atoms with van der Waals surface area (Å²) in [5, 5.41) is 16.6. The predicted molar refractivity (Wildman–Crippen MR) is 153 cm³/mol. The number of rotatable bonds is 5. The Morgan fingerprint density at radius 2 is 1.75 bits per heavy atom. The molecule has 0 aliphatic heterocycles. The van der Waals surface area contributed by atoms with Crippen molar-refractivity contribution >= 4 is 22.9 Å². The fraction of sp³-hybridized carbons (Fsp3) is 0.194. The Morgan fingerprint density at radius 3 is 2.48 bits per heavy atom. The van der Waals surface area contributed by atoms with Gasteiger partial charge < -0.3 is 11.1 Å². The molecule has 0 bridgehead atoms. The van der Waals surface area contributed by atoms with Crippen LogP contribution in [0.2, 0.25) is 0 Å². The number of anilines is 2. The zero-order valence-electron chi connectivity index (χ0n) is 21.7. The lowest BCUT2D eigenvalue weighted by Gasteiger charge is -2.24. The molecule has 2 aromatic carbocycles. The Kier molecular flexibility index (Phi) is 6.58. The topological polar surface area (TPSA) is 131 Å². The molecule has 9 nitrogen and oxygen atoms in total. The van der Waals surface area contributed by atoms with Crippen LogP contribution in [0.5, 0.6) is 0 Å². The number of aromatic nitrogens is 4. The Hall–Kier alpha value is -5.23. The normalized spacial score (nSPS) is 16.9. The van der Waals surface area contributed by atoms with Gasteiger partial charge in [-0.1, -0.05) is 30.3 Å². The molecule has 0 spiro atoms. The average Bonchev–Trinajstić information content (AvgIpc) is 3.39. The fourth-order valence-corrected chi connectivity index (χ4v) is 5.51. The van der Waals surface area contributed by atoms with Crippen LogP contribution >= 0.6 is 0 Å². The Labute approximate surface area is 230 Å². The summed E-state index contributed by atoms with van der Waals surface area (Å²) in [6, 6.07) is 24.3. The lowest BCUT2D eigenvalue weighted by molar-refractivity contribution is 0.102. The molecule has 6 rings (SSSR count). The van der Waals surface area contributed by atoms with E-state index in [1.807, 2.05) is 47.0 Å². The number of nitrogen functional groups attached to an aromatic ring is 1. The van der Waals surface area contributed by atoms with Crippen molar-refractivity contribution in [1.82, 2.24) is 19.2 Å². The lowest BCUT2D eigenvalue weighted by Crippen LogP contribution is -2.27. The quantitative estimate of drug-likeness (QED) is 0.323. The average molecular weight is 530 g/mol. The van der Waals surface area contributed by atoms with E-state index in [9.17, 15) is 14.9 Å². The van der Waals surface area contributed by atoms with E-state index >= 15 is 0 Å². The Morgan fingerprint density at radius 1 is 1.00 bits per heavy atom. The number of benzene rings is 2. The number of nitrogens with two attached hydrogens (primary N) is 1. The van der Waals surface area contributed by atoms with Crippen molar-refractivity contribution in [2.45, 2.75) is 31.6 Å². The van der Waals surface area contributed by atoms with Gasteiger partial charge in [0.25, 0.3) is 11.5 Å². The first-order valence-electron chi connectivity index (χ1n) is 13.2. The van der Waals surface area contributed by atoms with Gasteiger partial charge >= 0.3 is 0 Å². The largest absolute Gasteiger partial charge is 0.382 e. The number of fused-ring (bicyclic) bond motifs is 1. The smallest absolute Gasteiger partial charge is 0.267 e. The maximum Gasteiger partial charge on any atom is 0.267 e. The van der Waals surface area contributed by atoms with Gasteiger partial charge in [0.1, 0.15) is 17.4 Å². The van der Waals surface area contributed by atoms with Gasteiger partial charge in [-0.2, -0.15) is 10.4 Å². The van der Waals surface area contributed by atoms with Crippen LogP contribution in [0, 0.1) is 17.2 Å². The minimum absolute atomic E-state index is 0.0505. The summed E-state index contributed by atoms with van der Waals surface area (Å²) >= 11 is 0. The molecule has 1 aliphatic rings. The maximum atomic E-state index is 13.0. The summed E-state index contributed by atoms with van der Waals surface area (Å²) in [6.07, 6.45) is 6.69. The Balaban J connectivity index is 1.27. The number of carbonyl (C=O) groups excluding carboxylic acids is 1. The van der Waals surface area contributed by atoms with E-state index in [0.29, 0.717) is 17.2 Å². The van der Waals surface area contributed by atoms with Crippen molar-refractivity contribution in [2.75, 3.05) is 11.1 Å². The second kappa shape index (κ2) is 10.5. The van der Waals surface area contributed by atoms with E-state index in [4.69, 9.17) is 5.73 Å². The number of amides is 1. The zero-order chi connectivity index (χ0) is 27.6. The van der Waals surface area contributed by atoms with Crippen molar-refractivity contribution in [2.24, 2.45) is 5.92 Å². The third-order valence-corrected chi connectivity index (χ3v) is 7.62. The van der Waals surface area contributed by atoms with Crippen LogP contribution < -0.4 is 16.6 Å². The molecule has 9 heteroatoms. The van der Waals surface area contributed by atoms with Gasteiger partial charge in [-0.05, 0) is 73.7 Å². The molecule has 3 N–H and O–H groups in total. The molecule has 40 heavy (non-hydrogen) atoms. The number of nitriles is 1. The highest BCUT2D eigenvalue weighted by Gasteiger charge is 2.27. The van der Waals surface area contributed by atoms with Gasteiger partial charge in [-0.25, -0.2) is 9.50 Å². The van der Waals surface area contributed by atoms with Gasteiger partial charge in [0, 0.05) is 40.7 Å². The fourth-order valence-electron chi connectivity index (χ4n) is 5.51. The lowest BCUT2D eigenvalue weighted by atomic mass is 9.81. The first-order valence-corrected chi connectivity index (χ1v) is 13.2. The summed E-state index contributed by atoms with van der Waals surface area (Å²) in [6.45, 7) is 0. The van der Waals surface area contributed by atoms with Crippen LogP contribution in [0.4, 0.5) is 11.5 Å². The van der Waals surface area contributed by atoms with Gasteiger partial charge in [-0.3, -0.25) is 14.2 Å². The molecular weight excluding hydrogens is 502 g/mol. The van der Waals surface area contributed by atoms with Crippen molar-refractivity contribution < 1.29 is 4.79 Å². The molecule has 0 unspecified atom stereocenters. The standard InChI is InChI=1S/C31H27N7O2/c32-18-20-8-10-22(11-9-20)27-17-26(28-29(33)34-19-35-38(27)28)21-12-14-23(15-13-21)36-30(39)25-7-4-16-37(31(25)40)24-5-2-1-3-6-24/h1-7,12-17,19-20,22H,8-11H2,(H,36,39)(H2,33,34,35). The van der Waals surface area contributed by atoms with E-state index in [1.165, 1.54) is 17.0 Å². The van der Waals surface area contributed by atoms with Crippen molar-refractivity contribution in [3.8, 4) is 22.9 Å². The van der Waals surface area contributed by atoms with Crippen LogP contribution in [0.25, 0.3) is 22.3 Å². The molecular formula is C31H27N7O2. The number of hydrogen-bond donors (Lipinski definition) is 2. The van der Waals surface area contributed by atoms with Crippen molar-refractivity contribution in [1.29, 1.82) is 5.26 Å². The summed E-state index contributed by atoms with van der Waals surface area (Å²) in [5.41, 5.74) is 10.8. The molecule has 198 valence electrons. The molecule has 1 amide bonds. The number of hydrogen-bond acceptors (Lipinski definition) is 6. The molecule has 0 saturated heterocycles. The number of nitrogens with one attached hydrogen (secondary N) is 1. The van der Waals surface area contributed by atoms with E-state index in [1.54, 1.807) is 24.4 Å². The molecule has 5 aromatic rings. The van der Waals surface area contributed by atoms with E-state index < -0.39 is 11.5 Å². The summed E-state index contributed by atoms with van der Waals surface area (Å²) in [5.74, 6) is 0.300. The van der Waals surface area contributed by atoms with Crippen molar-refractivity contribution in [3.63, 3.8) is 0 Å². The molecule has 1 aliphatic carbocycles. The van der Waals surface area contributed by atoms with Crippen LogP contribution in [0.15, 0.2) is 90.1 Å². The number of para-hydroxylation sites is 1. The van der Waals surface area contributed by atoms with Crippen LogP contribution in [-0.4, -0.2) is 25.1 Å². The van der Waals surface area contributed by atoms with Crippen LogP contribution in [-0.2, 0) is 0 Å². The van der Waals surface area contributed by atoms with Gasteiger partial charge in [-0.15, -0.1) is 0 Å². The minimum atomic E-state index is -0.481. The van der Waals surface area contributed by atoms with E-state index in [-0.39, 0.29) is 17.4 Å². The zero-order valence-corrected chi connectivity index (χ0v) is 21.7. The number of nitrogens with zero attached hydrogens (tertiary/aromatic N) is 5. The number of carbonyl (C=O) groups is 1. The van der Waals surface area contributed by atoms with Crippen LogP contribution in [0.1, 0.15) is 47.7 Å². The molecule has 0 atom stereocenters. The molecule has 3 heterocycles. The molecule has 1 fully saturated rings. The second-order valence-corrected chi connectivity index (χ2v) is 10.0. The second-order valence-electron chi connectivity index (χ2n) is 10.0. The summed E-state index contributed by atoms with van der Waals surface area (Å²) in [4.78, 5) is 30.3. The first kappa shape index (κ1) is 25.1. The number of pyridine rings is 1. The summed E-state index contributed by atoms with van der Waals surface area (Å²) < 4.78 is 3.32. The highest BCUT2D eigenvalue weighted by atomic mass is 16.2.